The number of anilines is 1. The molecule has 0 fully saturated rings. The Kier molecular flexibility index (Phi) is 2.61. The van der Waals surface area contributed by atoms with Crippen LogP contribution in [0.2, 0.25) is 0 Å². The number of thiophene rings is 1. The summed E-state index contributed by atoms with van der Waals surface area (Å²) in [7, 11) is 0. The molecule has 1 N–H and O–H groups in total. The molecule has 14 heavy (non-hydrogen) atoms. The summed E-state index contributed by atoms with van der Waals surface area (Å²) in [5, 5.41) is 5.05. The lowest BCUT2D eigenvalue weighted by Gasteiger charge is -1.98. The third kappa shape index (κ3) is 1.83. The van der Waals surface area contributed by atoms with Crippen molar-refractivity contribution in [3.05, 3.63) is 17.6 Å². The molecule has 0 radical (unpaired) electrons. The van der Waals surface area contributed by atoms with E-state index in [1.165, 1.54) is 0 Å². The lowest BCUT2D eigenvalue weighted by atomic mass is 10.5. The first-order chi connectivity index (χ1) is 6.90. The molecule has 0 aliphatic rings. The van der Waals surface area contributed by atoms with E-state index >= 15 is 0 Å². The van der Waals surface area contributed by atoms with E-state index in [-0.39, 0.29) is 0 Å². The van der Waals surface area contributed by atoms with E-state index in [1.807, 2.05) is 24.6 Å². The molecule has 0 unspecified atom stereocenters. The van der Waals surface area contributed by atoms with Gasteiger partial charge in [-0.1, -0.05) is 5.92 Å². The summed E-state index contributed by atoms with van der Waals surface area (Å²) in [6.07, 6.45) is 1.83. The van der Waals surface area contributed by atoms with Gasteiger partial charge in [0.25, 0.3) is 0 Å². The maximum absolute atomic E-state index is 4.33. The predicted molar refractivity (Wildman–Crippen MR) is 59.4 cm³/mol. The van der Waals surface area contributed by atoms with Gasteiger partial charge in [0, 0.05) is 0 Å². The Morgan fingerprint density at radius 2 is 2.50 bits per heavy atom. The second-order valence-corrected chi connectivity index (χ2v) is 3.59. The summed E-state index contributed by atoms with van der Waals surface area (Å²) in [5.41, 5.74) is 0.983. The van der Waals surface area contributed by atoms with E-state index in [9.17, 15) is 0 Å². The van der Waals surface area contributed by atoms with Crippen molar-refractivity contribution < 1.29 is 0 Å². The molecular formula is C10H9N3S. The van der Waals surface area contributed by atoms with E-state index in [4.69, 9.17) is 0 Å². The minimum absolute atomic E-state index is 0.589. The first-order valence-corrected chi connectivity index (χ1v) is 5.12. The Morgan fingerprint density at radius 3 is 3.36 bits per heavy atom. The summed E-state index contributed by atoms with van der Waals surface area (Å²) in [6.45, 7) is 2.40. The van der Waals surface area contributed by atoms with Crippen LogP contribution in [-0.4, -0.2) is 16.5 Å². The molecule has 2 aromatic heterocycles. The van der Waals surface area contributed by atoms with Gasteiger partial charge in [-0.2, -0.15) is 0 Å². The normalized spacial score (nSPS) is 9.50. The zero-order chi connectivity index (χ0) is 9.80. The van der Waals surface area contributed by atoms with Crippen LogP contribution >= 0.6 is 11.3 Å². The average molecular weight is 203 g/mol. The van der Waals surface area contributed by atoms with Gasteiger partial charge in [0.1, 0.15) is 0 Å². The molecule has 2 aromatic rings. The minimum Gasteiger partial charge on any atom is -0.343 e. The van der Waals surface area contributed by atoms with Crippen molar-refractivity contribution in [2.24, 2.45) is 0 Å². The highest BCUT2D eigenvalue weighted by Gasteiger charge is 1.98. The largest absolute Gasteiger partial charge is 0.343 e. The Bertz CT molecular complexity index is 493. The highest BCUT2D eigenvalue weighted by Crippen LogP contribution is 2.18. The van der Waals surface area contributed by atoms with E-state index in [1.54, 1.807) is 11.3 Å². The zero-order valence-corrected chi connectivity index (χ0v) is 8.56. The fraction of sp³-hybridized carbons (Fsp3) is 0.200. The molecule has 2 rings (SSSR count). The van der Waals surface area contributed by atoms with Crippen LogP contribution in [-0.2, 0) is 0 Å². The molecule has 0 aliphatic carbocycles. The topological polar surface area (TPSA) is 37.8 Å². The van der Waals surface area contributed by atoms with E-state index in [0.717, 1.165) is 10.2 Å². The van der Waals surface area contributed by atoms with Crippen molar-refractivity contribution in [3.8, 4) is 11.8 Å². The molecule has 3 nitrogen and oxygen atoms in total. The Balaban J connectivity index is 2.20. The second-order valence-electron chi connectivity index (χ2n) is 2.64. The molecule has 0 spiro atoms. The van der Waals surface area contributed by atoms with Crippen LogP contribution in [0, 0.1) is 11.8 Å². The summed E-state index contributed by atoms with van der Waals surface area (Å²) >= 11 is 1.64. The standard InChI is InChI=1S/C10H9N3S/c1-2-3-5-11-10-12-7-9-8(13-10)4-6-14-9/h4,6-7H,5H2,1H3,(H,11,12,13). The number of nitrogens with zero attached hydrogens (tertiary/aromatic N) is 2. The van der Waals surface area contributed by atoms with Gasteiger partial charge in [-0.15, -0.1) is 17.3 Å². The Morgan fingerprint density at radius 1 is 1.57 bits per heavy atom. The number of fused-ring (bicyclic) bond motifs is 1. The van der Waals surface area contributed by atoms with Crippen LogP contribution in [0.25, 0.3) is 10.2 Å². The van der Waals surface area contributed by atoms with Crippen LogP contribution in [0.15, 0.2) is 17.6 Å². The molecule has 0 aliphatic heterocycles. The van der Waals surface area contributed by atoms with Gasteiger partial charge in [0.05, 0.1) is 23.0 Å². The quantitative estimate of drug-likeness (QED) is 0.760. The lowest BCUT2D eigenvalue weighted by molar-refractivity contribution is 1.17. The molecule has 70 valence electrons. The third-order valence-corrected chi connectivity index (χ3v) is 2.56. The molecule has 2 heterocycles. The van der Waals surface area contributed by atoms with Gasteiger partial charge in [0.15, 0.2) is 0 Å². The van der Waals surface area contributed by atoms with Crippen molar-refractivity contribution in [1.29, 1.82) is 0 Å². The van der Waals surface area contributed by atoms with Crippen LogP contribution in [0.3, 0.4) is 0 Å². The van der Waals surface area contributed by atoms with Gasteiger partial charge in [0.2, 0.25) is 5.95 Å². The van der Waals surface area contributed by atoms with Crippen molar-refractivity contribution in [1.82, 2.24) is 9.97 Å². The molecule has 0 bridgehead atoms. The number of hydrogen-bond donors (Lipinski definition) is 1. The molecule has 0 amide bonds. The molecule has 4 heteroatoms. The summed E-state index contributed by atoms with van der Waals surface area (Å²) in [5.74, 6) is 6.34. The zero-order valence-electron chi connectivity index (χ0n) is 7.74. The first-order valence-electron chi connectivity index (χ1n) is 4.24. The van der Waals surface area contributed by atoms with Gasteiger partial charge < -0.3 is 5.32 Å². The van der Waals surface area contributed by atoms with Gasteiger partial charge >= 0.3 is 0 Å². The van der Waals surface area contributed by atoms with Crippen molar-refractivity contribution >= 4 is 27.5 Å². The monoisotopic (exact) mass is 203 g/mol. The van der Waals surface area contributed by atoms with Crippen LogP contribution < -0.4 is 5.32 Å². The van der Waals surface area contributed by atoms with Crippen molar-refractivity contribution in [3.63, 3.8) is 0 Å². The Hall–Kier alpha value is -1.60. The number of rotatable bonds is 2. The number of aromatic nitrogens is 2. The summed E-state index contributed by atoms with van der Waals surface area (Å²) < 4.78 is 1.11. The van der Waals surface area contributed by atoms with Crippen LogP contribution in [0.4, 0.5) is 5.95 Å². The maximum atomic E-state index is 4.33. The van der Waals surface area contributed by atoms with Crippen LogP contribution in [0.1, 0.15) is 6.92 Å². The summed E-state index contributed by atoms with van der Waals surface area (Å²) in [4.78, 5) is 8.50. The Labute approximate surface area is 86.2 Å². The summed E-state index contributed by atoms with van der Waals surface area (Å²) in [6, 6.07) is 1.98. The van der Waals surface area contributed by atoms with Gasteiger partial charge in [-0.3, -0.25) is 0 Å². The third-order valence-electron chi connectivity index (χ3n) is 1.72. The van der Waals surface area contributed by atoms with Crippen molar-refractivity contribution in [2.75, 3.05) is 11.9 Å². The minimum atomic E-state index is 0.589. The van der Waals surface area contributed by atoms with E-state index in [2.05, 4.69) is 27.1 Å². The predicted octanol–water partition coefficient (Wildman–Crippen LogP) is 2.13. The van der Waals surface area contributed by atoms with E-state index in [0.29, 0.717) is 12.5 Å². The molecule has 0 saturated carbocycles. The highest BCUT2D eigenvalue weighted by molar-refractivity contribution is 7.17. The SMILES string of the molecule is CC#CCNc1ncc2sccc2n1. The molecular weight excluding hydrogens is 194 g/mol. The van der Waals surface area contributed by atoms with E-state index < -0.39 is 0 Å². The van der Waals surface area contributed by atoms with Crippen molar-refractivity contribution in [2.45, 2.75) is 6.92 Å². The number of hydrogen-bond acceptors (Lipinski definition) is 4. The smallest absolute Gasteiger partial charge is 0.224 e. The molecule has 0 saturated heterocycles. The average Bonchev–Trinajstić information content (AvgIpc) is 2.65. The van der Waals surface area contributed by atoms with Gasteiger partial charge in [-0.05, 0) is 18.4 Å². The lowest BCUT2D eigenvalue weighted by Crippen LogP contribution is -2.02. The first kappa shape index (κ1) is 8.97. The number of nitrogens with one attached hydrogen (secondary N) is 1. The highest BCUT2D eigenvalue weighted by atomic mass is 32.1. The molecule has 0 atom stereocenters. The second kappa shape index (κ2) is 4.07. The fourth-order valence-corrected chi connectivity index (χ4v) is 1.75. The molecule has 0 aromatic carbocycles. The fourth-order valence-electron chi connectivity index (χ4n) is 1.06. The maximum Gasteiger partial charge on any atom is 0.224 e. The van der Waals surface area contributed by atoms with Crippen LogP contribution in [0.5, 0.6) is 0 Å². The van der Waals surface area contributed by atoms with Gasteiger partial charge in [-0.25, -0.2) is 9.97 Å².